The molecule has 1 amide bonds. The van der Waals surface area contributed by atoms with Crippen LogP contribution in [0.2, 0.25) is 0 Å². The van der Waals surface area contributed by atoms with Crippen LogP contribution in [0.1, 0.15) is 17.5 Å². The first-order chi connectivity index (χ1) is 13.0. The summed E-state index contributed by atoms with van der Waals surface area (Å²) in [6.45, 7) is 4.77. The second-order valence-electron chi connectivity index (χ2n) is 6.93. The van der Waals surface area contributed by atoms with Gasteiger partial charge in [0.25, 0.3) is 5.56 Å². The van der Waals surface area contributed by atoms with E-state index in [0.29, 0.717) is 16.1 Å². The van der Waals surface area contributed by atoms with Gasteiger partial charge in [0.2, 0.25) is 5.91 Å². The van der Waals surface area contributed by atoms with Gasteiger partial charge < -0.3 is 4.90 Å². The molecule has 1 aromatic heterocycles. The predicted molar refractivity (Wildman–Crippen MR) is 109 cm³/mol. The van der Waals surface area contributed by atoms with Crippen LogP contribution in [0.5, 0.6) is 0 Å². The van der Waals surface area contributed by atoms with Crippen molar-refractivity contribution >= 4 is 28.6 Å². The molecule has 0 saturated carbocycles. The van der Waals surface area contributed by atoms with E-state index in [9.17, 15) is 9.59 Å². The number of amides is 1. The zero-order valence-electron chi connectivity index (χ0n) is 15.6. The maximum Gasteiger partial charge on any atom is 0.266 e. The Bertz CT molecular complexity index is 1110. The number of carbonyl (C=O) groups excluding carboxylic acids is 1. The number of hydrogen-bond donors (Lipinski definition) is 0. The number of carbonyl (C=O) groups is 1. The quantitative estimate of drug-likeness (QED) is 0.655. The Balaban J connectivity index is 1.95. The molecule has 1 aliphatic rings. The van der Waals surface area contributed by atoms with Crippen LogP contribution in [0.15, 0.2) is 52.4 Å². The minimum Gasteiger partial charge on any atom is -0.345 e. The maximum absolute atomic E-state index is 13.3. The molecule has 4 rings (SSSR count). The molecule has 0 radical (unpaired) electrons. The van der Waals surface area contributed by atoms with E-state index in [1.165, 1.54) is 11.8 Å². The Labute approximate surface area is 162 Å². The summed E-state index contributed by atoms with van der Waals surface area (Å²) in [5, 5.41) is 0.943. The van der Waals surface area contributed by atoms with Crippen LogP contribution in [0.25, 0.3) is 16.6 Å². The summed E-state index contributed by atoms with van der Waals surface area (Å²) in [5.41, 5.74) is 3.52. The topological polar surface area (TPSA) is 55.2 Å². The van der Waals surface area contributed by atoms with E-state index in [0.717, 1.165) is 29.8 Å². The third kappa shape index (κ3) is 3.04. The number of rotatable bonds is 3. The molecule has 0 bridgehead atoms. The van der Waals surface area contributed by atoms with Crippen LogP contribution >= 0.6 is 11.8 Å². The smallest absolute Gasteiger partial charge is 0.266 e. The van der Waals surface area contributed by atoms with Crippen LogP contribution in [0.3, 0.4) is 0 Å². The highest BCUT2D eigenvalue weighted by Gasteiger charge is 2.31. The first-order valence-corrected chi connectivity index (χ1v) is 9.85. The number of thioether (sulfide) groups is 1. The number of fused-ring (bicyclic) bond motifs is 1. The minimum absolute atomic E-state index is 0.0925. The van der Waals surface area contributed by atoms with Crippen molar-refractivity contribution in [3.05, 3.63) is 63.9 Å². The van der Waals surface area contributed by atoms with Crippen molar-refractivity contribution in [1.82, 2.24) is 14.5 Å². The molecule has 6 heteroatoms. The zero-order chi connectivity index (χ0) is 19.1. The Hall–Kier alpha value is -2.60. The predicted octanol–water partition coefficient (Wildman–Crippen LogP) is 3.33. The lowest BCUT2D eigenvalue weighted by Gasteiger charge is -2.18. The number of aromatic nitrogens is 2. The van der Waals surface area contributed by atoms with Gasteiger partial charge in [0.1, 0.15) is 0 Å². The average molecular weight is 379 g/mol. The minimum atomic E-state index is -0.209. The molecule has 2 heterocycles. The fourth-order valence-corrected chi connectivity index (χ4v) is 4.60. The first-order valence-electron chi connectivity index (χ1n) is 8.97. The van der Waals surface area contributed by atoms with E-state index in [2.05, 4.69) is 0 Å². The van der Waals surface area contributed by atoms with Crippen molar-refractivity contribution in [1.29, 1.82) is 0 Å². The van der Waals surface area contributed by atoms with E-state index in [4.69, 9.17) is 4.98 Å². The van der Waals surface area contributed by atoms with Crippen LogP contribution < -0.4 is 5.56 Å². The van der Waals surface area contributed by atoms with Gasteiger partial charge in [-0.05, 0) is 49.6 Å². The summed E-state index contributed by atoms with van der Waals surface area (Å²) in [5.74, 6) is 0.0925. The van der Waals surface area contributed by atoms with Gasteiger partial charge in [-0.15, -0.1) is 0 Å². The highest BCUT2D eigenvalue weighted by molar-refractivity contribution is 8.00. The molecule has 1 unspecified atom stereocenters. The number of hydrogen-bond acceptors (Lipinski definition) is 4. The largest absolute Gasteiger partial charge is 0.345 e. The molecular formula is C21H21N3O2S. The van der Waals surface area contributed by atoms with Crippen LogP contribution in [-0.4, -0.2) is 39.2 Å². The van der Waals surface area contributed by atoms with Gasteiger partial charge in [0.05, 0.1) is 21.8 Å². The Morgan fingerprint density at radius 1 is 1.07 bits per heavy atom. The van der Waals surface area contributed by atoms with Crippen molar-refractivity contribution < 1.29 is 4.79 Å². The summed E-state index contributed by atoms with van der Waals surface area (Å²) in [6, 6.07) is 13.3. The third-order valence-electron chi connectivity index (χ3n) is 5.19. The average Bonchev–Trinajstić information content (AvgIpc) is 2.97. The summed E-state index contributed by atoms with van der Waals surface area (Å²) >= 11 is 1.39. The summed E-state index contributed by atoms with van der Waals surface area (Å²) in [6.07, 6.45) is 0.759. The van der Waals surface area contributed by atoms with Gasteiger partial charge in [-0.1, -0.05) is 36.0 Å². The van der Waals surface area contributed by atoms with Crippen molar-refractivity contribution in [3.8, 4) is 5.69 Å². The Morgan fingerprint density at radius 2 is 1.85 bits per heavy atom. The molecule has 0 N–H and O–H groups in total. The monoisotopic (exact) mass is 379 g/mol. The zero-order valence-corrected chi connectivity index (χ0v) is 16.4. The Morgan fingerprint density at radius 3 is 2.59 bits per heavy atom. The lowest BCUT2D eigenvalue weighted by molar-refractivity contribution is -0.126. The van der Waals surface area contributed by atoms with Gasteiger partial charge in [-0.3, -0.25) is 14.2 Å². The lowest BCUT2D eigenvalue weighted by Crippen LogP contribution is -2.26. The molecule has 2 aromatic carbocycles. The van der Waals surface area contributed by atoms with E-state index in [1.54, 1.807) is 15.5 Å². The normalized spacial score (nSPS) is 17.1. The van der Waals surface area contributed by atoms with E-state index >= 15 is 0 Å². The molecule has 3 aromatic rings. The van der Waals surface area contributed by atoms with Gasteiger partial charge in [-0.25, -0.2) is 4.98 Å². The van der Waals surface area contributed by atoms with Crippen LogP contribution in [0, 0.1) is 13.8 Å². The molecule has 138 valence electrons. The Kier molecular flexibility index (Phi) is 4.52. The van der Waals surface area contributed by atoms with Gasteiger partial charge in [0.15, 0.2) is 5.16 Å². The van der Waals surface area contributed by atoms with E-state index in [1.807, 2.05) is 57.3 Å². The van der Waals surface area contributed by atoms with E-state index < -0.39 is 0 Å². The standard InChI is InChI=1S/C21H21N3O2S/c1-13-7-6-10-17(14(13)2)24-19(25)15-8-4-5-9-16(15)22-21(24)27-18-11-12-23(3)20(18)26/h4-10,18H,11-12H2,1-3H3. The van der Waals surface area contributed by atoms with Crippen molar-refractivity contribution in [3.63, 3.8) is 0 Å². The summed E-state index contributed by atoms with van der Waals surface area (Å²) in [4.78, 5) is 32.3. The van der Waals surface area contributed by atoms with E-state index in [-0.39, 0.29) is 16.7 Å². The molecule has 27 heavy (non-hydrogen) atoms. The SMILES string of the molecule is Cc1cccc(-n2c(SC3CCN(C)C3=O)nc3ccccc3c2=O)c1C. The van der Waals surface area contributed by atoms with Crippen molar-refractivity contribution in [2.24, 2.45) is 0 Å². The van der Waals surface area contributed by atoms with Crippen LogP contribution in [0.4, 0.5) is 0 Å². The molecule has 1 fully saturated rings. The second-order valence-corrected chi connectivity index (χ2v) is 8.10. The molecule has 1 saturated heterocycles. The number of likely N-dealkylation sites (tertiary alicyclic amines) is 1. The lowest BCUT2D eigenvalue weighted by atomic mass is 10.1. The molecular weight excluding hydrogens is 358 g/mol. The fraction of sp³-hybridized carbons (Fsp3) is 0.286. The molecule has 5 nitrogen and oxygen atoms in total. The number of benzene rings is 2. The summed E-state index contributed by atoms with van der Waals surface area (Å²) in [7, 11) is 1.81. The highest BCUT2D eigenvalue weighted by Crippen LogP contribution is 2.31. The van der Waals surface area contributed by atoms with Crippen LogP contribution in [-0.2, 0) is 4.79 Å². The second kappa shape index (κ2) is 6.85. The van der Waals surface area contributed by atoms with Gasteiger partial charge in [0, 0.05) is 13.6 Å². The molecule has 0 aliphatic carbocycles. The summed E-state index contributed by atoms with van der Waals surface area (Å²) < 4.78 is 1.67. The van der Waals surface area contributed by atoms with Crippen molar-refractivity contribution in [2.45, 2.75) is 30.7 Å². The van der Waals surface area contributed by atoms with Gasteiger partial charge in [-0.2, -0.15) is 0 Å². The third-order valence-corrected chi connectivity index (χ3v) is 6.39. The number of para-hydroxylation sites is 1. The molecule has 1 aliphatic heterocycles. The number of aryl methyl sites for hydroxylation is 1. The number of nitrogens with zero attached hydrogens (tertiary/aromatic N) is 3. The fourth-order valence-electron chi connectivity index (χ4n) is 3.41. The molecule has 0 spiro atoms. The molecule has 1 atom stereocenters. The first kappa shape index (κ1) is 17.8. The highest BCUT2D eigenvalue weighted by atomic mass is 32.2. The van der Waals surface area contributed by atoms with Gasteiger partial charge >= 0.3 is 0 Å². The van der Waals surface area contributed by atoms with Crippen molar-refractivity contribution in [2.75, 3.05) is 13.6 Å². The maximum atomic E-state index is 13.3.